The first-order valence-corrected chi connectivity index (χ1v) is 7.99. The molecule has 0 saturated heterocycles. The molecule has 0 fully saturated rings. The Morgan fingerprint density at radius 3 is 2.28 bits per heavy atom. The number of benzene rings is 1. The van der Waals surface area contributed by atoms with E-state index in [4.69, 9.17) is 9.15 Å². The van der Waals surface area contributed by atoms with E-state index in [0.29, 0.717) is 21.8 Å². The minimum Gasteiger partial charge on any atom is -0.452 e. The molecule has 0 aliphatic rings. The molecule has 7 nitrogen and oxygen atoms in total. The van der Waals surface area contributed by atoms with Crippen LogP contribution < -0.4 is 10.6 Å². The first-order chi connectivity index (χ1) is 11.9. The Kier molecular flexibility index (Phi) is 6.53. The van der Waals surface area contributed by atoms with Crippen molar-refractivity contribution in [2.24, 2.45) is 0 Å². The van der Waals surface area contributed by atoms with E-state index in [1.165, 1.54) is 19.1 Å². The van der Waals surface area contributed by atoms with Gasteiger partial charge in [0, 0.05) is 24.4 Å². The molecule has 0 atom stereocenters. The fraction of sp³-hybridized carbons (Fsp3) is 0.118. The van der Waals surface area contributed by atoms with Crippen molar-refractivity contribution in [1.82, 2.24) is 0 Å². The molecular formula is C17H15BrN2O5. The monoisotopic (exact) mass is 406 g/mol. The van der Waals surface area contributed by atoms with Crippen LogP contribution in [0.25, 0.3) is 6.08 Å². The number of ether oxygens (including phenoxy) is 1. The number of nitrogens with one attached hydrogen (secondary N) is 2. The van der Waals surface area contributed by atoms with E-state index >= 15 is 0 Å². The molecule has 8 heteroatoms. The molecule has 130 valence electrons. The molecule has 1 heterocycles. The molecule has 0 aliphatic heterocycles. The normalized spacial score (nSPS) is 10.5. The Hall–Kier alpha value is -2.87. The van der Waals surface area contributed by atoms with Crippen molar-refractivity contribution in [3.05, 3.63) is 52.9 Å². The predicted molar refractivity (Wildman–Crippen MR) is 95.8 cm³/mol. The van der Waals surface area contributed by atoms with Gasteiger partial charge in [0.05, 0.1) is 0 Å². The van der Waals surface area contributed by atoms with Crippen LogP contribution in [-0.4, -0.2) is 24.4 Å². The molecule has 2 amide bonds. The number of esters is 1. The molecule has 1 aromatic carbocycles. The maximum Gasteiger partial charge on any atom is 0.331 e. The SMILES string of the molecule is CC(=O)Nc1ccc(NC(=O)COC(=O)/C=C/c2ccc(Br)o2)cc1. The van der Waals surface area contributed by atoms with Gasteiger partial charge in [0.2, 0.25) is 5.91 Å². The summed E-state index contributed by atoms with van der Waals surface area (Å²) < 4.78 is 10.6. The van der Waals surface area contributed by atoms with E-state index in [1.54, 1.807) is 36.4 Å². The van der Waals surface area contributed by atoms with Crippen LogP contribution in [0.3, 0.4) is 0 Å². The molecule has 0 aliphatic carbocycles. The number of hydrogen-bond acceptors (Lipinski definition) is 5. The summed E-state index contributed by atoms with van der Waals surface area (Å²) in [5.41, 5.74) is 1.14. The maximum absolute atomic E-state index is 11.8. The second-order valence-electron chi connectivity index (χ2n) is 4.89. The number of carbonyl (C=O) groups is 3. The van der Waals surface area contributed by atoms with Crippen LogP contribution >= 0.6 is 15.9 Å². The van der Waals surface area contributed by atoms with Crippen molar-refractivity contribution in [2.75, 3.05) is 17.2 Å². The molecule has 1 aromatic heterocycles. The Morgan fingerprint density at radius 1 is 1.08 bits per heavy atom. The Morgan fingerprint density at radius 2 is 1.72 bits per heavy atom. The summed E-state index contributed by atoms with van der Waals surface area (Å²) in [6, 6.07) is 9.90. The van der Waals surface area contributed by atoms with Crippen molar-refractivity contribution in [2.45, 2.75) is 6.92 Å². The molecular weight excluding hydrogens is 392 g/mol. The fourth-order valence-electron chi connectivity index (χ4n) is 1.79. The Balaban J connectivity index is 1.77. The summed E-state index contributed by atoms with van der Waals surface area (Å²) in [6.07, 6.45) is 2.60. The molecule has 0 radical (unpaired) electrons. The van der Waals surface area contributed by atoms with Gasteiger partial charge in [0.1, 0.15) is 5.76 Å². The van der Waals surface area contributed by atoms with Crippen LogP contribution in [0.1, 0.15) is 12.7 Å². The smallest absolute Gasteiger partial charge is 0.331 e. The molecule has 2 rings (SSSR count). The zero-order valence-electron chi connectivity index (χ0n) is 13.2. The van der Waals surface area contributed by atoms with E-state index in [0.717, 1.165) is 0 Å². The molecule has 2 aromatic rings. The molecule has 0 saturated carbocycles. The van der Waals surface area contributed by atoms with E-state index in [9.17, 15) is 14.4 Å². The second-order valence-corrected chi connectivity index (χ2v) is 5.67. The lowest BCUT2D eigenvalue weighted by molar-refractivity contribution is -0.142. The highest BCUT2D eigenvalue weighted by molar-refractivity contribution is 9.10. The van der Waals surface area contributed by atoms with Crippen LogP contribution in [0.15, 0.2) is 51.6 Å². The van der Waals surface area contributed by atoms with Gasteiger partial charge in [0.25, 0.3) is 5.91 Å². The summed E-state index contributed by atoms with van der Waals surface area (Å²) in [7, 11) is 0. The highest BCUT2D eigenvalue weighted by Gasteiger charge is 2.06. The van der Waals surface area contributed by atoms with E-state index in [-0.39, 0.29) is 5.91 Å². The lowest BCUT2D eigenvalue weighted by Crippen LogP contribution is -2.20. The number of halogens is 1. The third-order valence-electron chi connectivity index (χ3n) is 2.81. The van der Waals surface area contributed by atoms with Gasteiger partial charge in [-0.05, 0) is 58.4 Å². The number of furan rings is 1. The lowest BCUT2D eigenvalue weighted by Gasteiger charge is -2.07. The van der Waals surface area contributed by atoms with Gasteiger partial charge in [-0.15, -0.1) is 0 Å². The first-order valence-electron chi connectivity index (χ1n) is 7.20. The minimum absolute atomic E-state index is 0.182. The number of amides is 2. The quantitative estimate of drug-likeness (QED) is 0.566. The first kappa shape index (κ1) is 18.5. The highest BCUT2D eigenvalue weighted by Crippen LogP contribution is 2.15. The van der Waals surface area contributed by atoms with Gasteiger partial charge in [0.15, 0.2) is 11.3 Å². The van der Waals surface area contributed by atoms with E-state index < -0.39 is 18.5 Å². The van der Waals surface area contributed by atoms with Crippen LogP contribution in [0.4, 0.5) is 11.4 Å². The average Bonchev–Trinajstić information content (AvgIpc) is 2.98. The van der Waals surface area contributed by atoms with Crippen molar-refractivity contribution < 1.29 is 23.5 Å². The van der Waals surface area contributed by atoms with E-state index in [1.807, 2.05) is 0 Å². The van der Waals surface area contributed by atoms with Crippen LogP contribution in [-0.2, 0) is 19.1 Å². The third kappa shape index (κ3) is 6.64. The van der Waals surface area contributed by atoms with Crippen molar-refractivity contribution in [3.63, 3.8) is 0 Å². The molecule has 0 spiro atoms. The van der Waals surface area contributed by atoms with Gasteiger partial charge in [-0.25, -0.2) is 4.79 Å². The zero-order chi connectivity index (χ0) is 18.2. The van der Waals surface area contributed by atoms with Crippen molar-refractivity contribution >= 4 is 51.2 Å². The number of carbonyl (C=O) groups excluding carboxylic acids is 3. The van der Waals surface area contributed by atoms with Crippen LogP contribution in [0, 0.1) is 0 Å². The largest absolute Gasteiger partial charge is 0.452 e. The molecule has 25 heavy (non-hydrogen) atoms. The third-order valence-corrected chi connectivity index (χ3v) is 3.24. The Bertz CT molecular complexity index is 796. The number of rotatable bonds is 6. The fourth-order valence-corrected chi connectivity index (χ4v) is 2.11. The minimum atomic E-state index is -0.663. The Labute approximate surface area is 152 Å². The standard InChI is InChI=1S/C17H15BrN2O5/c1-11(21)19-12-2-4-13(5-3-12)20-16(22)10-24-17(23)9-7-14-6-8-15(18)25-14/h2-9H,10H2,1H3,(H,19,21)(H,20,22)/b9-7+. The maximum atomic E-state index is 11.8. The summed E-state index contributed by atoms with van der Waals surface area (Å²) in [5, 5.41) is 5.19. The summed E-state index contributed by atoms with van der Waals surface area (Å²) in [5.74, 6) is -0.843. The summed E-state index contributed by atoms with van der Waals surface area (Å²) in [6.45, 7) is 0.988. The van der Waals surface area contributed by atoms with Gasteiger partial charge in [-0.1, -0.05) is 0 Å². The van der Waals surface area contributed by atoms with Crippen LogP contribution in [0.5, 0.6) is 0 Å². The average molecular weight is 407 g/mol. The summed E-state index contributed by atoms with van der Waals surface area (Å²) in [4.78, 5) is 34.2. The lowest BCUT2D eigenvalue weighted by atomic mass is 10.2. The number of anilines is 2. The zero-order valence-corrected chi connectivity index (χ0v) is 14.8. The molecule has 0 unspecified atom stereocenters. The molecule has 2 N–H and O–H groups in total. The van der Waals surface area contributed by atoms with Gasteiger partial charge in [-0.2, -0.15) is 0 Å². The molecule has 0 bridgehead atoms. The van der Waals surface area contributed by atoms with Gasteiger partial charge >= 0.3 is 5.97 Å². The summed E-state index contributed by atoms with van der Waals surface area (Å²) >= 11 is 3.15. The second kappa shape index (κ2) is 8.84. The van der Waals surface area contributed by atoms with Gasteiger partial charge < -0.3 is 19.8 Å². The van der Waals surface area contributed by atoms with Crippen molar-refractivity contribution in [1.29, 1.82) is 0 Å². The van der Waals surface area contributed by atoms with Gasteiger partial charge in [-0.3, -0.25) is 9.59 Å². The topological polar surface area (TPSA) is 97.6 Å². The van der Waals surface area contributed by atoms with E-state index in [2.05, 4.69) is 26.6 Å². The van der Waals surface area contributed by atoms with Crippen molar-refractivity contribution in [3.8, 4) is 0 Å². The van der Waals surface area contributed by atoms with Crippen LogP contribution in [0.2, 0.25) is 0 Å². The predicted octanol–water partition coefficient (Wildman–Crippen LogP) is 3.20. The number of hydrogen-bond donors (Lipinski definition) is 2. The highest BCUT2D eigenvalue weighted by atomic mass is 79.9.